The second-order valence-electron chi connectivity index (χ2n) is 6.06. The second kappa shape index (κ2) is 5.99. The lowest BCUT2D eigenvalue weighted by Crippen LogP contribution is -2.41. The molecule has 1 fully saturated rings. The van der Waals surface area contributed by atoms with Crippen LogP contribution >= 0.6 is 0 Å². The zero-order valence-electron chi connectivity index (χ0n) is 13.6. The van der Waals surface area contributed by atoms with Gasteiger partial charge in [-0.1, -0.05) is 0 Å². The minimum Gasteiger partial charge on any atom is -0.349 e. The summed E-state index contributed by atoms with van der Waals surface area (Å²) in [5.41, 5.74) is 3.08. The number of carbonyl (C=O) groups is 1. The van der Waals surface area contributed by atoms with Crippen LogP contribution in [0, 0.1) is 13.8 Å². The summed E-state index contributed by atoms with van der Waals surface area (Å²) in [4.78, 5) is 14.9. The second-order valence-corrected chi connectivity index (χ2v) is 6.06. The number of likely N-dealkylation sites (tertiary alicyclic amines) is 1. The third kappa shape index (κ3) is 2.56. The molecule has 5 heteroatoms. The molecule has 0 radical (unpaired) electrons. The largest absolute Gasteiger partial charge is 0.349 e. The molecule has 1 atom stereocenters. The lowest BCUT2D eigenvalue weighted by Gasteiger charge is -2.33. The number of nitrogens with zero attached hydrogens (tertiary/aromatic N) is 4. The lowest BCUT2D eigenvalue weighted by molar-refractivity contribution is 0.0672. The molecular weight excluding hydrogens is 276 g/mol. The van der Waals surface area contributed by atoms with Crippen molar-refractivity contribution in [3.8, 4) is 0 Å². The molecule has 1 unspecified atom stereocenters. The molecule has 0 saturated carbocycles. The van der Waals surface area contributed by atoms with Gasteiger partial charge in [0.25, 0.3) is 5.91 Å². The predicted octanol–water partition coefficient (Wildman–Crippen LogP) is 2.80. The number of aromatic nitrogens is 3. The molecule has 5 nitrogen and oxygen atoms in total. The van der Waals surface area contributed by atoms with Crippen LogP contribution in [-0.4, -0.2) is 38.2 Å². The zero-order valence-corrected chi connectivity index (χ0v) is 13.6. The fraction of sp³-hybridized carbons (Fsp3) is 0.529. The van der Waals surface area contributed by atoms with E-state index < -0.39 is 0 Å². The van der Waals surface area contributed by atoms with Crippen molar-refractivity contribution in [1.29, 1.82) is 0 Å². The summed E-state index contributed by atoms with van der Waals surface area (Å²) in [7, 11) is 0. The lowest BCUT2D eigenvalue weighted by atomic mass is 10.0. The van der Waals surface area contributed by atoms with E-state index in [1.54, 1.807) is 6.20 Å². The molecule has 1 saturated heterocycles. The predicted molar refractivity (Wildman–Crippen MR) is 86.0 cm³/mol. The number of carbonyl (C=O) groups excluding carboxylic acids is 1. The van der Waals surface area contributed by atoms with Gasteiger partial charge in [0.2, 0.25) is 0 Å². The van der Waals surface area contributed by atoms with Gasteiger partial charge in [-0.05, 0) is 45.7 Å². The Labute approximate surface area is 131 Å². The minimum absolute atomic E-state index is 0.157. The van der Waals surface area contributed by atoms with Gasteiger partial charge in [-0.15, -0.1) is 0 Å². The maximum atomic E-state index is 12.9. The average Bonchev–Trinajstić information content (AvgIpc) is 3.15. The van der Waals surface area contributed by atoms with Crippen molar-refractivity contribution in [3.05, 3.63) is 41.5 Å². The molecule has 1 aliphatic heterocycles. The molecule has 0 aliphatic carbocycles. The highest BCUT2D eigenvalue weighted by atomic mass is 16.2. The molecule has 0 bridgehead atoms. The van der Waals surface area contributed by atoms with Gasteiger partial charge in [0.1, 0.15) is 0 Å². The van der Waals surface area contributed by atoms with Gasteiger partial charge in [-0.3, -0.25) is 9.48 Å². The Hall–Kier alpha value is -2.04. The van der Waals surface area contributed by atoms with Gasteiger partial charge in [-0.25, -0.2) is 0 Å². The van der Waals surface area contributed by atoms with Crippen LogP contribution in [0.25, 0.3) is 0 Å². The van der Waals surface area contributed by atoms with Gasteiger partial charge >= 0.3 is 0 Å². The van der Waals surface area contributed by atoms with E-state index in [-0.39, 0.29) is 5.91 Å². The van der Waals surface area contributed by atoms with Crippen LogP contribution in [0.5, 0.6) is 0 Å². The van der Waals surface area contributed by atoms with Crippen LogP contribution < -0.4 is 0 Å². The fourth-order valence-corrected chi connectivity index (χ4v) is 3.53. The molecule has 22 heavy (non-hydrogen) atoms. The first kappa shape index (κ1) is 14.9. The summed E-state index contributed by atoms with van der Waals surface area (Å²) in [6.45, 7) is 8.71. The van der Waals surface area contributed by atoms with Crippen molar-refractivity contribution >= 4 is 5.91 Å². The molecule has 0 aromatic carbocycles. The number of rotatable bonds is 3. The van der Waals surface area contributed by atoms with Crippen molar-refractivity contribution in [1.82, 2.24) is 19.2 Å². The highest BCUT2D eigenvalue weighted by molar-refractivity contribution is 5.95. The summed E-state index contributed by atoms with van der Waals surface area (Å²) in [5, 5.41) is 4.33. The van der Waals surface area contributed by atoms with Crippen molar-refractivity contribution in [2.45, 2.75) is 46.2 Å². The fourth-order valence-electron chi connectivity index (χ4n) is 3.53. The molecule has 3 heterocycles. The number of hydrogen-bond donors (Lipinski definition) is 0. The van der Waals surface area contributed by atoms with Gasteiger partial charge in [-0.2, -0.15) is 5.10 Å². The highest BCUT2D eigenvalue weighted by Gasteiger charge is 2.27. The molecule has 118 valence electrons. The number of piperidine rings is 1. The van der Waals surface area contributed by atoms with Crippen LogP contribution in [0.3, 0.4) is 0 Å². The summed E-state index contributed by atoms with van der Waals surface area (Å²) in [6, 6.07) is 4.26. The van der Waals surface area contributed by atoms with Crippen molar-refractivity contribution < 1.29 is 4.79 Å². The first-order valence-electron chi connectivity index (χ1n) is 8.07. The van der Waals surface area contributed by atoms with E-state index in [0.717, 1.165) is 49.4 Å². The van der Waals surface area contributed by atoms with Crippen molar-refractivity contribution in [2.75, 3.05) is 13.1 Å². The average molecular weight is 300 g/mol. The van der Waals surface area contributed by atoms with Crippen molar-refractivity contribution in [2.24, 2.45) is 0 Å². The van der Waals surface area contributed by atoms with E-state index in [0.29, 0.717) is 6.04 Å². The van der Waals surface area contributed by atoms with Crippen LogP contribution in [-0.2, 0) is 6.54 Å². The quantitative estimate of drug-likeness (QED) is 0.875. The molecule has 1 aliphatic rings. The molecular formula is C17H24N4O. The Kier molecular flexibility index (Phi) is 4.05. The molecule has 1 amide bonds. The minimum atomic E-state index is 0.157. The van der Waals surface area contributed by atoms with Gasteiger partial charge in [0, 0.05) is 43.4 Å². The van der Waals surface area contributed by atoms with Crippen LogP contribution in [0.2, 0.25) is 0 Å². The Morgan fingerprint density at radius 2 is 2.23 bits per heavy atom. The van der Waals surface area contributed by atoms with Crippen LogP contribution in [0.1, 0.15) is 47.6 Å². The Morgan fingerprint density at radius 3 is 2.86 bits per heavy atom. The standard InChI is InChI=1S/C17H24N4O/c1-4-20-13(2)11-16(14(20)3)17(22)19-9-5-7-15(12-19)21-10-6-8-18-21/h6,8,10-11,15H,4-5,7,9,12H2,1-3H3. The zero-order chi connectivity index (χ0) is 15.7. The summed E-state index contributed by atoms with van der Waals surface area (Å²) >= 11 is 0. The van der Waals surface area contributed by atoms with Crippen molar-refractivity contribution in [3.63, 3.8) is 0 Å². The molecule has 2 aromatic heterocycles. The third-order valence-corrected chi connectivity index (χ3v) is 4.70. The Balaban J connectivity index is 1.80. The molecule has 0 spiro atoms. The normalized spacial score (nSPS) is 18.7. The molecule has 3 rings (SSSR count). The number of amides is 1. The van der Waals surface area contributed by atoms with E-state index in [2.05, 4.69) is 23.5 Å². The van der Waals surface area contributed by atoms with Gasteiger partial charge in [0.15, 0.2) is 0 Å². The topological polar surface area (TPSA) is 43.1 Å². The summed E-state index contributed by atoms with van der Waals surface area (Å²) in [5.74, 6) is 0.157. The van der Waals surface area contributed by atoms with Crippen LogP contribution in [0.4, 0.5) is 0 Å². The van der Waals surface area contributed by atoms with E-state index >= 15 is 0 Å². The smallest absolute Gasteiger partial charge is 0.255 e. The molecule has 0 N–H and O–H groups in total. The van der Waals surface area contributed by atoms with Gasteiger partial charge in [0.05, 0.1) is 11.6 Å². The SMILES string of the molecule is CCn1c(C)cc(C(=O)N2CCCC(n3cccn3)C2)c1C. The number of hydrogen-bond acceptors (Lipinski definition) is 2. The van der Waals surface area contributed by atoms with E-state index in [9.17, 15) is 4.79 Å². The Morgan fingerprint density at radius 1 is 1.41 bits per heavy atom. The van der Waals surface area contributed by atoms with E-state index in [4.69, 9.17) is 0 Å². The van der Waals surface area contributed by atoms with Crippen LogP contribution in [0.15, 0.2) is 24.5 Å². The molecule has 2 aromatic rings. The summed E-state index contributed by atoms with van der Waals surface area (Å²) < 4.78 is 4.18. The monoisotopic (exact) mass is 300 g/mol. The van der Waals surface area contributed by atoms with E-state index in [1.807, 2.05) is 34.8 Å². The highest BCUT2D eigenvalue weighted by Crippen LogP contribution is 2.24. The Bertz CT molecular complexity index is 657. The number of aryl methyl sites for hydroxylation is 1. The maximum Gasteiger partial charge on any atom is 0.255 e. The van der Waals surface area contributed by atoms with Gasteiger partial charge < -0.3 is 9.47 Å². The van der Waals surface area contributed by atoms with E-state index in [1.165, 1.54) is 0 Å². The first-order valence-corrected chi connectivity index (χ1v) is 8.07. The maximum absolute atomic E-state index is 12.9. The first-order chi connectivity index (χ1) is 10.6. The summed E-state index contributed by atoms with van der Waals surface area (Å²) in [6.07, 6.45) is 5.90. The third-order valence-electron chi connectivity index (χ3n) is 4.70.